The topological polar surface area (TPSA) is 109 Å². The van der Waals surface area contributed by atoms with Gasteiger partial charge in [-0.05, 0) is 79.3 Å². The number of nitrogens with one attached hydrogen (secondary N) is 4. The van der Waals surface area contributed by atoms with Crippen LogP contribution in [0.2, 0.25) is 0 Å². The third-order valence-corrected chi connectivity index (χ3v) is 6.58. The molecule has 8 nitrogen and oxygen atoms in total. The van der Waals surface area contributed by atoms with E-state index in [0.717, 1.165) is 11.1 Å². The molecule has 0 bridgehead atoms. The van der Waals surface area contributed by atoms with Gasteiger partial charge in [-0.25, -0.2) is 0 Å². The maximum atomic E-state index is 12.9. The molecule has 0 aliphatic rings. The third-order valence-electron chi connectivity index (χ3n) is 5.88. The summed E-state index contributed by atoms with van der Waals surface area (Å²) in [6.45, 7) is 2.30. The Morgan fingerprint density at radius 2 is 1.54 bits per heavy atom. The van der Waals surface area contributed by atoms with Crippen LogP contribution in [-0.4, -0.2) is 29.4 Å². The quantitative estimate of drug-likeness (QED) is 0.149. The fourth-order valence-electron chi connectivity index (χ4n) is 3.81. The van der Waals surface area contributed by atoms with E-state index in [9.17, 15) is 14.4 Å². The highest BCUT2D eigenvalue weighted by molar-refractivity contribution is 9.10. The van der Waals surface area contributed by atoms with E-state index >= 15 is 0 Å². The van der Waals surface area contributed by atoms with Crippen LogP contribution in [0.5, 0.6) is 5.75 Å². The summed E-state index contributed by atoms with van der Waals surface area (Å²) >= 11 is 8.57. The Kier molecular flexibility index (Phi) is 10.2. The monoisotopic (exact) mass is 630 g/mol. The molecule has 0 atom stereocenters. The molecular weight excluding hydrogens is 604 g/mol. The first kappa shape index (κ1) is 29.4. The number of aryl methyl sites for hydroxylation is 1. The number of benzene rings is 4. The fourth-order valence-corrected chi connectivity index (χ4v) is 4.32. The van der Waals surface area contributed by atoms with Crippen molar-refractivity contribution in [1.29, 1.82) is 0 Å². The van der Waals surface area contributed by atoms with Gasteiger partial charge in [0.1, 0.15) is 5.75 Å². The Morgan fingerprint density at radius 3 is 2.27 bits per heavy atom. The second kappa shape index (κ2) is 14.2. The van der Waals surface area contributed by atoms with Crippen LogP contribution in [0.25, 0.3) is 0 Å². The van der Waals surface area contributed by atoms with Crippen LogP contribution in [-0.2, 0) is 6.42 Å². The maximum Gasteiger partial charge on any atom is 0.269 e. The second-order valence-corrected chi connectivity index (χ2v) is 10.3. The number of carbonyl (C=O) groups is 3. The van der Waals surface area contributed by atoms with Crippen LogP contribution in [0.1, 0.15) is 42.2 Å². The zero-order valence-corrected chi connectivity index (χ0v) is 24.5. The van der Waals surface area contributed by atoms with E-state index in [4.69, 9.17) is 17.0 Å². The summed E-state index contributed by atoms with van der Waals surface area (Å²) in [6, 6.07) is 28.6. The predicted octanol–water partition coefficient (Wildman–Crippen LogP) is 5.58. The average Bonchev–Trinajstić information content (AvgIpc) is 2.97. The van der Waals surface area contributed by atoms with Gasteiger partial charge in [0.15, 0.2) is 5.11 Å². The van der Waals surface area contributed by atoms with Gasteiger partial charge in [-0.3, -0.25) is 30.6 Å². The SMILES string of the molecule is Cc1cccc(C(=O)Nc2ccc(C(=O)NNC(=S)NC(=O)c3cc(Br)ccc3OCCc3ccccc3)cc2)c1. The van der Waals surface area contributed by atoms with Crippen molar-refractivity contribution < 1.29 is 19.1 Å². The smallest absolute Gasteiger partial charge is 0.269 e. The largest absolute Gasteiger partial charge is 0.492 e. The number of hydrogen-bond acceptors (Lipinski definition) is 5. The lowest BCUT2D eigenvalue weighted by molar-refractivity contribution is 0.0933. The van der Waals surface area contributed by atoms with Crippen LogP contribution >= 0.6 is 28.1 Å². The molecule has 4 N–H and O–H groups in total. The lowest BCUT2D eigenvalue weighted by Gasteiger charge is -2.14. The van der Waals surface area contributed by atoms with Crippen molar-refractivity contribution in [3.8, 4) is 5.75 Å². The predicted molar refractivity (Wildman–Crippen MR) is 166 cm³/mol. The van der Waals surface area contributed by atoms with Crippen molar-refractivity contribution in [3.63, 3.8) is 0 Å². The first-order valence-corrected chi connectivity index (χ1v) is 13.8. The molecule has 10 heteroatoms. The van der Waals surface area contributed by atoms with E-state index in [1.54, 1.807) is 54.6 Å². The molecule has 0 saturated carbocycles. The molecule has 0 radical (unpaired) electrons. The molecular formula is C31H27BrN4O4S. The molecule has 41 heavy (non-hydrogen) atoms. The number of halogens is 1. The molecule has 4 aromatic rings. The summed E-state index contributed by atoms with van der Waals surface area (Å²) < 4.78 is 6.58. The zero-order valence-electron chi connectivity index (χ0n) is 22.1. The van der Waals surface area contributed by atoms with Gasteiger partial charge in [-0.2, -0.15) is 0 Å². The average molecular weight is 632 g/mol. The number of anilines is 1. The summed E-state index contributed by atoms with van der Waals surface area (Å²) in [6.07, 6.45) is 0.685. The van der Waals surface area contributed by atoms with Crippen LogP contribution in [0.3, 0.4) is 0 Å². The number of hydrogen-bond donors (Lipinski definition) is 4. The van der Waals surface area contributed by atoms with Gasteiger partial charge in [-0.1, -0.05) is 64.0 Å². The summed E-state index contributed by atoms with van der Waals surface area (Å²) in [7, 11) is 0. The number of rotatable bonds is 8. The lowest BCUT2D eigenvalue weighted by Crippen LogP contribution is -2.48. The fraction of sp³-hybridized carbons (Fsp3) is 0.0968. The highest BCUT2D eigenvalue weighted by atomic mass is 79.9. The minimum Gasteiger partial charge on any atom is -0.492 e. The van der Waals surface area contributed by atoms with Crippen LogP contribution in [0.4, 0.5) is 5.69 Å². The highest BCUT2D eigenvalue weighted by Gasteiger charge is 2.16. The van der Waals surface area contributed by atoms with Crippen LogP contribution < -0.4 is 26.2 Å². The third kappa shape index (κ3) is 8.72. The molecule has 0 heterocycles. The summed E-state index contributed by atoms with van der Waals surface area (Å²) in [5, 5.41) is 5.25. The molecule has 4 rings (SSSR count). The first-order valence-electron chi connectivity index (χ1n) is 12.6. The number of amides is 3. The van der Waals surface area contributed by atoms with E-state index in [1.165, 1.54) is 0 Å². The molecule has 0 fully saturated rings. The minimum absolute atomic E-state index is 0.0967. The molecule has 3 amide bonds. The van der Waals surface area contributed by atoms with E-state index in [2.05, 4.69) is 37.4 Å². The second-order valence-electron chi connectivity index (χ2n) is 8.99. The summed E-state index contributed by atoms with van der Waals surface area (Å²) in [5.41, 5.74) is 8.78. The molecule has 0 saturated heterocycles. The number of hydrazine groups is 1. The first-order chi connectivity index (χ1) is 19.8. The van der Waals surface area contributed by atoms with Gasteiger partial charge in [0.2, 0.25) is 0 Å². The van der Waals surface area contributed by atoms with Gasteiger partial charge in [-0.15, -0.1) is 0 Å². The van der Waals surface area contributed by atoms with Gasteiger partial charge in [0.25, 0.3) is 17.7 Å². The van der Waals surface area contributed by atoms with E-state index in [1.807, 2.05) is 49.4 Å². The van der Waals surface area contributed by atoms with Crippen molar-refractivity contribution in [2.24, 2.45) is 0 Å². The van der Waals surface area contributed by atoms with Crippen molar-refractivity contribution in [2.75, 3.05) is 11.9 Å². The lowest BCUT2D eigenvalue weighted by atomic mass is 10.1. The Hall–Kier alpha value is -4.54. The van der Waals surface area contributed by atoms with Gasteiger partial charge < -0.3 is 10.1 Å². The van der Waals surface area contributed by atoms with E-state index < -0.39 is 11.8 Å². The van der Waals surface area contributed by atoms with Crippen molar-refractivity contribution in [1.82, 2.24) is 16.2 Å². The minimum atomic E-state index is -0.499. The standard InChI is InChI=1S/C31H27BrN4O4S/c1-20-6-5-9-23(18-20)28(37)33-25-13-10-22(11-14-25)29(38)35-36-31(41)34-30(39)26-19-24(32)12-15-27(26)40-17-16-21-7-3-2-4-8-21/h2-15,18-19H,16-17H2,1H3,(H,33,37)(H,35,38)(H2,34,36,39,41). The van der Waals surface area contributed by atoms with Crippen molar-refractivity contribution >= 4 is 56.7 Å². The molecule has 208 valence electrons. The van der Waals surface area contributed by atoms with E-state index in [-0.39, 0.29) is 16.6 Å². The Bertz CT molecular complexity index is 1560. The normalized spacial score (nSPS) is 10.3. The van der Waals surface area contributed by atoms with E-state index in [0.29, 0.717) is 40.1 Å². The molecule has 0 spiro atoms. The molecule has 0 aromatic heterocycles. The van der Waals surface area contributed by atoms with Crippen molar-refractivity contribution in [3.05, 3.63) is 129 Å². The summed E-state index contributed by atoms with van der Waals surface area (Å²) in [5.74, 6) is -0.820. The molecule has 0 aliphatic heterocycles. The van der Waals surface area contributed by atoms with Crippen molar-refractivity contribution in [2.45, 2.75) is 13.3 Å². The van der Waals surface area contributed by atoms with Crippen LogP contribution in [0.15, 0.2) is 102 Å². The Morgan fingerprint density at radius 1 is 0.780 bits per heavy atom. The Labute approximate surface area is 251 Å². The van der Waals surface area contributed by atoms with Gasteiger partial charge in [0, 0.05) is 27.7 Å². The number of thiocarbonyl (C=S) groups is 1. The zero-order chi connectivity index (χ0) is 29.2. The summed E-state index contributed by atoms with van der Waals surface area (Å²) in [4.78, 5) is 38.0. The van der Waals surface area contributed by atoms with Gasteiger partial charge >= 0.3 is 0 Å². The number of ether oxygens (including phenoxy) is 1. The van der Waals surface area contributed by atoms with Crippen LogP contribution in [0, 0.1) is 6.92 Å². The Balaban J connectivity index is 1.27. The molecule has 0 unspecified atom stereocenters. The number of carbonyl (C=O) groups excluding carboxylic acids is 3. The van der Waals surface area contributed by atoms with Gasteiger partial charge in [0.05, 0.1) is 12.2 Å². The highest BCUT2D eigenvalue weighted by Crippen LogP contribution is 2.23. The molecule has 0 aliphatic carbocycles. The maximum absolute atomic E-state index is 12.9. The molecule has 4 aromatic carbocycles.